The fourth-order valence-electron chi connectivity index (χ4n) is 2.55. The lowest BCUT2D eigenvalue weighted by molar-refractivity contribution is 0.627. The molecule has 0 aliphatic carbocycles. The van der Waals surface area contributed by atoms with E-state index in [4.69, 9.17) is 33.5 Å². The van der Waals surface area contributed by atoms with Gasteiger partial charge in [-0.2, -0.15) is 10.5 Å². The summed E-state index contributed by atoms with van der Waals surface area (Å²) in [5.74, 6) is 1.03. The number of nitrogens with two attached hydrogens (primary N) is 4. The summed E-state index contributed by atoms with van der Waals surface area (Å²) in [6.45, 7) is 1.82. The Kier molecular flexibility index (Phi) is 17.5. The molecule has 31 heavy (non-hydrogen) atoms. The average molecular weight is 433 g/mol. The van der Waals surface area contributed by atoms with E-state index in [1.807, 2.05) is 0 Å². The molecule has 172 valence electrons. The first-order valence-corrected chi connectivity index (χ1v) is 10.5. The molecule has 0 aliphatic heterocycles. The number of nitriles is 2. The van der Waals surface area contributed by atoms with Gasteiger partial charge < -0.3 is 22.9 Å². The molecule has 0 unspecified atom stereocenters. The average Bonchev–Trinajstić information content (AvgIpc) is 2.72. The zero-order chi connectivity index (χ0) is 23.2. The highest BCUT2D eigenvalue weighted by molar-refractivity contribution is 5.94. The lowest BCUT2D eigenvalue weighted by Gasteiger charge is -2.02. The van der Waals surface area contributed by atoms with Crippen molar-refractivity contribution in [2.45, 2.75) is 64.2 Å². The van der Waals surface area contributed by atoms with Crippen molar-refractivity contribution in [2.75, 3.05) is 19.6 Å². The Balaban J connectivity index is 3.73. The molecular weight excluding hydrogens is 396 g/mol. The third-order valence-corrected chi connectivity index (χ3v) is 4.12. The zero-order valence-corrected chi connectivity index (χ0v) is 18.2. The molecule has 0 fully saturated rings. The van der Waals surface area contributed by atoms with Gasteiger partial charge in [-0.3, -0.25) is 25.6 Å². The van der Waals surface area contributed by atoms with Gasteiger partial charge in [-0.15, -0.1) is 0 Å². The van der Waals surface area contributed by atoms with Gasteiger partial charge in [0, 0.05) is 26.1 Å². The quantitative estimate of drug-likeness (QED) is 0.0692. The predicted octanol–water partition coefficient (Wildman–Crippen LogP) is 0.330. The van der Waals surface area contributed by atoms with Gasteiger partial charge in [0.15, 0.2) is 12.4 Å². The van der Waals surface area contributed by atoms with Crippen LogP contribution >= 0.6 is 0 Å². The van der Waals surface area contributed by atoms with Crippen molar-refractivity contribution in [1.82, 2.24) is 10.6 Å². The van der Waals surface area contributed by atoms with Crippen LogP contribution in [0.25, 0.3) is 0 Å². The second kappa shape index (κ2) is 19.8. The normalized spacial score (nSPS) is 12.8. The maximum absolute atomic E-state index is 8.38. The van der Waals surface area contributed by atoms with Crippen molar-refractivity contribution in [2.24, 2.45) is 42.9 Å². The molecule has 0 aromatic heterocycles. The minimum Gasteiger partial charge on any atom is -0.387 e. The molecule has 0 saturated heterocycles. The number of nitrogens with zero attached hydrogens (tertiary/aromatic N) is 6. The Hall–Kier alpha value is -3.54. The van der Waals surface area contributed by atoms with Gasteiger partial charge in [0.05, 0.1) is 0 Å². The van der Waals surface area contributed by atoms with Crippen LogP contribution in [0.5, 0.6) is 0 Å². The fraction of sp³-hybridized carbons (Fsp3) is 0.684. The summed E-state index contributed by atoms with van der Waals surface area (Å²) in [6, 6.07) is 0. The third kappa shape index (κ3) is 19.5. The van der Waals surface area contributed by atoms with E-state index < -0.39 is 0 Å². The molecular formula is C19H36N12. The van der Waals surface area contributed by atoms with E-state index in [2.05, 4.69) is 30.6 Å². The Morgan fingerprint density at radius 2 is 1.03 bits per heavy atom. The van der Waals surface area contributed by atoms with E-state index in [1.54, 1.807) is 12.4 Å². The minimum atomic E-state index is 0.150. The molecule has 0 bridgehead atoms. The van der Waals surface area contributed by atoms with Crippen molar-refractivity contribution in [1.29, 1.82) is 10.5 Å². The number of hydrogen-bond donors (Lipinski definition) is 6. The maximum Gasteiger partial charge on any atom is 0.216 e. The fourth-order valence-corrected chi connectivity index (χ4v) is 2.55. The van der Waals surface area contributed by atoms with Crippen LogP contribution in [0.4, 0.5) is 0 Å². The first-order valence-electron chi connectivity index (χ1n) is 10.5. The monoisotopic (exact) mass is 432 g/mol. The Morgan fingerprint density at radius 1 is 0.613 bits per heavy atom. The van der Waals surface area contributed by atoms with Gasteiger partial charge in [0.2, 0.25) is 17.9 Å². The molecule has 0 aromatic carbocycles. The molecule has 0 saturated carbocycles. The molecule has 0 radical (unpaired) electrons. The summed E-state index contributed by atoms with van der Waals surface area (Å²) in [7, 11) is 0. The van der Waals surface area contributed by atoms with Crippen molar-refractivity contribution >= 4 is 23.7 Å². The molecule has 0 aliphatic rings. The van der Waals surface area contributed by atoms with Crippen LogP contribution in [0.3, 0.4) is 0 Å². The minimum absolute atomic E-state index is 0.150. The molecule has 0 atom stereocenters. The molecule has 0 heterocycles. The lowest BCUT2D eigenvalue weighted by Crippen LogP contribution is -2.27. The summed E-state index contributed by atoms with van der Waals surface area (Å²) < 4.78 is 0. The van der Waals surface area contributed by atoms with Gasteiger partial charge in [-0.1, -0.05) is 32.1 Å². The Morgan fingerprint density at radius 3 is 1.52 bits per heavy atom. The molecule has 10 N–H and O–H groups in total. The first-order chi connectivity index (χ1) is 15.0. The van der Waals surface area contributed by atoms with Gasteiger partial charge in [-0.05, 0) is 25.7 Å². The van der Waals surface area contributed by atoms with Crippen LogP contribution in [-0.2, 0) is 0 Å². The second-order valence-corrected chi connectivity index (χ2v) is 6.78. The van der Waals surface area contributed by atoms with Crippen molar-refractivity contribution < 1.29 is 0 Å². The molecule has 0 aromatic rings. The molecule has 0 spiro atoms. The van der Waals surface area contributed by atoms with Crippen LogP contribution < -0.4 is 33.6 Å². The number of nitrogens with one attached hydrogen (secondary N) is 2. The largest absolute Gasteiger partial charge is 0.387 e. The van der Waals surface area contributed by atoms with Gasteiger partial charge in [-0.25, -0.2) is 4.99 Å². The van der Waals surface area contributed by atoms with Gasteiger partial charge in [0.1, 0.15) is 5.84 Å². The smallest absolute Gasteiger partial charge is 0.216 e. The van der Waals surface area contributed by atoms with Crippen molar-refractivity contribution in [3.05, 3.63) is 0 Å². The van der Waals surface area contributed by atoms with Crippen LogP contribution in [0.15, 0.2) is 20.0 Å². The number of aliphatic imine (C=N–C) groups is 4. The number of guanidine groups is 3. The molecule has 12 heteroatoms. The van der Waals surface area contributed by atoms with E-state index in [1.165, 1.54) is 0 Å². The standard InChI is InChI=1S/C19H36N12/c20-14-29-17(23)26-11-7-3-1-2-6-10-16(22)31-19(25)28-13-9-5-4-8-12-27-18(24)30-15-21/h1-13H2,(H3,23,26,29)(H3,24,27,30)(H4,22,25,28,31). The van der Waals surface area contributed by atoms with E-state index in [9.17, 15) is 0 Å². The van der Waals surface area contributed by atoms with Crippen molar-refractivity contribution in [3.8, 4) is 12.4 Å². The summed E-state index contributed by atoms with van der Waals surface area (Å²) in [5, 5.41) is 21.3. The third-order valence-electron chi connectivity index (χ3n) is 4.12. The van der Waals surface area contributed by atoms with E-state index in [0.29, 0.717) is 31.9 Å². The Labute approximate surface area is 184 Å². The highest BCUT2D eigenvalue weighted by Crippen LogP contribution is 2.05. The van der Waals surface area contributed by atoms with Crippen LogP contribution in [0, 0.1) is 22.9 Å². The maximum atomic E-state index is 8.38. The summed E-state index contributed by atoms with van der Waals surface area (Å²) >= 11 is 0. The van der Waals surface area contributed by atoms with Gasteiger partial charge >= 0.3 is 0 Å². The van der Waals surface area contributed by atoms with Crippen LogP contribution in [-0.4, -0.2) is 43.3 Å². The zero-order valence-electron chi connectivity index (χ0n) is 18.2. The second-order valence-electron chi connectivity index (χ2n) is 6.78. The lowest BCUT2D eigenvalue weighted by atomic mass is 10.1. The highest BCUT2D eigenvalue weighted by atomic mass is 15.1. The van der Waals surface area contributed by atoms with Gasteiger partial charge in [0.25, 0.3) is 0 Å². The van der Waals surface area contributed by atoms with E-state index in [-0.39, 0.29) is 17.9 Å². The SMILES string of the molecule is N#CNC(N)=NCCCCCCCC(N)=NC(N)=NCCCCCCN=C(N)NC#N. The molecule has 0 amide bonds. The first kappa shape index (κ1) is 27.5. The predicted molar refractivity (Wildman–Crippen MR) is 125 cm³/mol. The molecule has 0 rings (SSSR count). The topological polar surface area (TPSA) is 225 Å². The van der Waals surface area contributed by atoms with E-state index >= 15 is 0 Å². The van der Waals surface area contributed by atoms with E-state index in [0.717, 1.165) is 57.8 Å². The Bertz CT molecular complexity index is 681. The summed E-state index contributed by atoms with van der Waals surface area (Å²) in [6.07, 6.45) is 13.0. The van der Waals surface area contributed by atoms with Crippen molar-refractivity contribution in [3.63, 3.8) is 0 Å². The van der Waals surface area contributed by atoms with Crippen LogP contribution in [0.2, 0.25) is 0 Å². The summed E-state index contributed by atoms with van der Waals surface area (Å²) in [4.78, 5) is 16.4. The number of amidine groups is 1. The number of unbranched alkanes of at least 4 members (excludes halogenated alkanes) is 7. The molecule has 12 nitrogen and oxygen atoms in total. The highest BCUT2D eigenvalue weighted by Gasteiger charge is 1.97. The number of hydrogen-bond acceptors (Lipinski definition) is 5. The summed E-state index contributed by atoms with van der Waals surface area (Å²) in [5.41, 5.74) is 22.6. The van der Waals surface area contributed by atoms with Crippen LogP contribution in [0.1, 0.15) is 64.2 Å². The number of rotatable bonds is 15.